The molecular weight excluding hydrogens is 211 g/mol. The molecule has 0 bridgehead atoms. The first-order chi connectivity index (χ1) is 7.97. The van der Waals surface area contributed by atoms with Crippen LogP contribution in [0.2, 0.25) is 0 Å². The molecule has 1 aromatic rings. The molecule has 0 heterocycles. The van der Waals surface area contributed by atoms with E-state index < -0.39 is 0 Å². The van der Waals surface area contributed by atoms with Gasteiger partial charge < -0.3 is 0 Å². The third-order valence-electron chi connectivity index (χ3n) is 4.24. The van der Waals surface area contributed by atoms with Crippen molar-refractivity contribution in [1.82, 2.24) is 0 Å². The number of hydrogen-bond acceptors (Lipinski definition) is 0. The Bertz CT molecular complexity index is 358. The van der Waals surface area contributed by atoms with E-state index in [9.17, 15) is 4.39 Å². The molecular formula is C16H23F. The first-order valence-corrected chi connectivity index (χ1v) is 6.72. The number of benzene rings is 1. The van der Waals surface area contributed by atoms with Gasteiger partial charge in [-0.3, -0.25) is 0 Å². The standard InChI is InChI=1S/C16H23F/c1-16(2,3)14-6-4-5-13(11-14)12-7-9-15(17)10-8-12/h7-10,13-14H,4-6,11H2,1-3H3/t13-,14+/m0/s1. The molecule has 1 fully saturated rings. The zero-order valence-corrected chi connectivity index (χ0v) is 11.2. The largest absolute Gasteiger partial charge is 0.207 e. The molecule has 17 heavy (non-hydrogen) atoms. The zero-order valence-electron chi connectivity index (χ0n) is 11.2. The maximum Gasteiger partial charge on any atom is 0.123 e. The SMILES string of the molecule is CC(C)(C)[C@@H]1CCC[C@H](c2ccc(F)cc2)C1. The van der Waals surface area contributed by atoms with Crippen LogP contribution in [0.5, 0.6) is 0 Å². The van der Waals surface area contributed by atoms with Gasteiger partial charge in [-0.15, -0.1) is 0 Å². The van der Waals surface area contributed by atoms with Crippen molar-refractivity contribution in [2.45, 2.75) is 52.4 Å². The van der Waals surface area contributed by atoms with E-state index in [1.54, 1.807) is 12.1 Å². The zero-order chi connectivity index (χ0) is 12.5. The molecule has 0 nitrogen and oxygen atoms in total. The summed E-state index contributed by atoms with van der Waals surface area (Å²) in [5.41, 5.74) is 1.72. The highest BCUT2D eigenvalue weighted by Gasteiger charge is 2.31. The van der Waals surface area contributed by atoms with E-state index in [0.29, 0.717) is 11.3 Å². The van der Waals surface area contributed by atoms with Gasteiger partial charge in [0.25, 0.3) is 0 Å². The predicted octanol–water partition coefficient (Wildman–Crippen LogP) is 5.15. The van der Waals surface area contributed by atoms with Gasteiger partial charge in [-0.25, -0.2) is 4.39 Å². The average molecular weight is 234 g/mol. The maximum atomic E-state index is 12.9. The highest BCUT2D eigenvalue weighted by molar-refractivity contribution is 5.21. The second kappa shape index (κ2) is 4.80. The van der Waals surface area contributed by atoms with Crippen molar-refractivity contribution in [3.05, 3.63) is 35.6 Å². The molecule has 1 aliphatic rings. The Morgan fingerprint density at radius 2 is 1.71 bits per heavy atom. The maximum absolute atomic E-state index is 12.9. The normalized spacial score (nSPS) is 25.9. The van der Waals surface area contributed by atoms with Crippen molar-refractivity contribution in [3.8, 4) is 0 Å². The highest BCUT2D eigenvalue weighted by atomic mass is 19.1. The Morgan fingerprint density at radius 1 is 1.06 bits per heavy atom. The molecule has 0 unspecified atom stereocenters. The molecule has 0 aromatic heterocycles. The van der Waals surface area contributed by atoms with Crippen molar-refractivity contribution < 1.29 is 4.39 Å². The number of halogens is 1. The van der Waals surface area contributed by atoms with Gasteiger partial charge in [-0.2, -0.15) is 0 Å². The Hall–Kier alpha value is -0.850. The number of rotatable bonds is 1. The molecule has 0 aliphatic heterocycles. The summed E-state index contributed by atoms with van der Waals surface area (Å²) in [6.07, 6.45) is 5.18. The van der Waals surface area contributed by atoms with Gasteiger partial charge in [-0.1, -0.05) is 39.3 Å². The van der Waals surface area contributed by atoms with Crippen LogP contribution in [0.15, 0.2) is 24.3 Å². The van der Waals surface area contributed by atoms with Gasteiger partial charge >= 0.3 is 0 Å². The van der Waals surface area contributed by atoms with Crippen LogP contribution >= 0.6 is 0 Å². The number of hydrogen-bond donors (Lipinski definition) is 0. The minimum absolute atomic E-state index is 0.128. The summed E-state index contributed by atoms with van der Waals surface area (Å²) in [4.78, 5) is 0. The van der Waals surface area contributed by atoms with E-state index in [-0.39, 0.29) is 5.82 Å². The molecule has 0 radical (unpaired) electrons. The van der Waals surface area contributed by atoms with Crippen molar-refractivity contribution in [2.75, 3.05) is 0 Å². The van der Waals surface area contributed by atoms with E-state index in [2.05, 4.69) is 20.8 Å². The van der Waals surface area contributed by atoms with Crippen LogP contribution in [-0.2, 0) is 0 Å². The molecule has 0 saturated heterocycles. The average Bonchev–Trinajstić information content (AvgIpc) is 2.29. The lowest BCUT2D eigenvalue weighted by Gasteiger charge is -2.38. The Labute approximate surface area is 104 Å². The first-order valence-electron chi connectivity index (χ1n) is 6.72. The van der Waals surface area contributed by atoms with Gasteiger partial charge in [0.1, 0.15) is 5.82 Å². The Kier molecular flexibility index (Phi) is 3.56. The van der Waals surface area contributed by atoms with Crippen LogP contribution < -0.4 is 0 Å². The lowest BCUT2D eigenvalue weighted by Crippen LogP contribution is -2.26. The van der Waals surface area contributed by atoms with Crippen molar-refractivity contribution in [2.24, 2.45) is 11.3 Å². The quantitative estimate of drug-likeness (QED) is 0.630. The second-order valence-corrected chi connectivity index (χ2v) is 6.48. The fourth-order valence-electron chi connectivity index (χ4n) is 3.01. The monoisotopic (exact) mass is 234 g/mol. The molecule has 2 atom stereocenters. The fourth-order valence-corrected chi connectivity index (χ4v) is 3.01. The minimum Gasteiger partial charge on any atom is -0.207 e. The van der Waals surface area contributed by atoms with Crippen LogP contribution in [0.3, 0.4) is 0 Å². The molecule has 1 heteroatoms. The third kappa shape index (κ3) is 3.08. The van der Waals surface area contributed by atoms with Gasteiger partial charge in [0.15, 0.2) is 0 Å². The Morgan fingerprint density at radius 3 is 2.29 bits per heavy atom. The molecule has 2 rings (SSSR count). The van der Waals surface area contributed by atoms with Gasteiger partial charge in [0, 0.05) is 0 Å². The van der Waals surface area contributed by atoms with Crippen LogP contribution in [-0.4, -0.2) is 0 Å². The summed E-state index contributed by atoms with van der Waals surface area (Å²) in [6, 6.07) is 7.11. The smallest absolute Gasteiger partial charge is 0.123 e. The second-order valence-electron chi connectivity index (χ2n) is 6.48. The summed E-state index contributed by atoms with van der Waals surface area (Å²) in [5.74, 6) is 1.30. The van der Waals surface area contributed by atoms with E-state index in [4.69, 9.17) is 0 Å². The molecule has 1 aliphatic carbocycles. The molecule has 1 saturated carbocycles. The first kappa shape index (κ1) is 12.6. The summed E-state index contributed by atoms with van der Waals surface area (Å²) < 4.78 is 12.9. The Balaban J connectivity index is 2.09. The van der Waals surface area contributed by atoms with Gasteiger partial charge in [-0.05, 0) is 54.2 Å². The van der Waals surface area contributed by atoms with Crippen LogP contribution in [0.1, 0.15) is 57.9 Å². The van der Waals surface area contributed by atoms with Crippen molar-refractivity contribution in [3.63, 3.8) is 0 Å². The molecule has 1 aromatic carbocycles. The van der Waals surface area contributed by atoms with Gasteiger partial charge in [0.05, 0.1) is 0 Å². The summed E-state index contributed by atoms with van der Waals surface area (Å²) in [5, 5.41) is 0. The van der Waals surface area contributed by atoms with Gasteiger partial charge in [0.2, 0.25) is 0 Å². The molecule has 94 valence electrons. The lowest BCUT2D eigenvalue weighted by atomic mass is 9.68. The highest BCUT2D eigenvalue weighted by Crippen LogP contribution is 2.43. The van der Waals surface area contributed by atoms with Crippen LogP contribution in [0.4, 0.5) is 4.39 Å². The molecule has 0 N–H and O–H groups in total. The fraction of sp³-hybridized carbons (Fsp3) is 0.625. The van der Waals surface area contributed by atoms with E-state index >= 15 is 0 Å². The molecule has 0 amide bonds. The minimum atomic E-state index is -0.128. The summed E-state index contributed by atoms with van der Waals surface area (Å²) in [6.45, 7) is 7.01. The topological polar surface area (TPSA) is 0 Å². The summed E-state index contributed by atoms with van der Waals surface area (Å²) in [7, 11) is 0. The van der Waals surface area contributed by atoms with Crippen molar-refractivity contribution >= 4 is 0 Å². The van der Waals surface area contributed by atoms with E-state index in [1.807, 2.05) is 12.1 Å². The van der Waals surface area contributed by atoms with Crippen LogP contribution in [0, 0.1) is 17.2 Å². The lowest BCUT2D eigenvalue weighted by molar-refractivity contribution is 0.165. The summed E-state index contributed by atoms with van der Waals surface area (Å²) >= 11 is 0. The van der Waals surface area contributed by atoms with Crippen LogP contribution in [0.25, 0.3) is 0 Å². The predicted molar refractivity (Wildman–Crippen MR) is 70.6 cm³/mol. The molecule has 0 spiro atoms. The third-order valence-corrected chi connectivity index (χ3v) is 4.24. The van der Waals surface area contributed by atoms with Crippen molar-refractivity contribution in [1.29, 1.82) is 0 Å². The van der Waals surface area contributed by atoms with E-state index in [0.717, 1.165) is 5.92 Å². The van der Waals surface area contributed by atoms with E-state index in [1.165, 1.54) is 31.2 Å².